The number of rotatable bonds is 36. The van der Waals surface area contributed by atoms with Crippen LogP contribution in [0.15, 0.2) is 0 Å². The molecule has 0 bridgehead atoms. The van der Waals surface area contributed by atoms with Gasteiger partial charge in [0.2, 0.25) is 0 Å². The maximum absolute atomic E-state index is 12.0. The van der Waals surface area contributed by atoms with Crippen LogP contribution in [-0.4, -0.2) is 41.5 Å². The quantitative estimate of drug-likeness (QED) is 0.0299. The van der Waals surface area contributed by atoms with E-state index >= 15 is 0 Å². The summed E-state index contributed by atoms with van der Waals surface area (Å²) in [5, 5.41) is 0. The summed E-state index contributed by atoms with van der Waals surface area (Å²) in [6.45, 7) is 4.57. The Morgan fingerprint density at radius 3 is 0.636 bits per heavy atom. The van der Waals surface area contributed by atoms with Gasteiger partial charge in [-0.25, -0.2) is 0 Å². The van der Waals surface area contributed by atoms with Gasteiger partial charge in [0.15, 0.2) is 0 Å². The first-order valence-electron chi connectivity index (χ1n) is 19.9. The molecule has 0 aromatic heterocycles. The molecule has 0 saturated heterocycles. The van der Waals surface area contributed by atoms with Crippen LogP contribution in [0.2, 0.25) is 0 Å². The van der Waals surface area contributed by atoms with E-state index in [1.165, 1.54) is 193 Å². The van der Waals surface area contributed by atoms with Gasteiger partial charge >= 0.3 is 41.5 Å². The number of unbranched alkanes of at least 4 members (excludes halogenated alkanes) is 32. The van der Waals surface area contributed by atoms with E-state index < -0.39 is 0 Å². The summed E-state index contributed by atoms with van der Waals surface area (Å²) in [4.78, 5) is 23.9. The van der Waals surface area contributed by atoms with Gasteiger partial charge in [-0.1, -0.05) is 219 Å². The second-order valence-corrected chi connectivity index (χ2v) is 13.7. The summed E-state index contributed by atoms with van der Waals surface area (Å²) in [5.74, 6) is -0.643. The molecule has 0 atom stereocenters. The van der Waals surface area contributed by atoms with Crippen LogP contribution in [0.3, 0.4) is 0 Å². The summed E-state index contributed by atoms with van der Waals surface area (Å²) < 4.78 is 5.03. The molecule has 0 aromatic rings. The average molecular weight is 631 g/mol. The zero-order valence-corrected chi connectivity index (χ0v) is 29.7. The van der Waals surface area contributed by atoms with Crippen LogP contribution in [0.5, 0.6) is 0 Å². The number of carbonyl (C=O) groups excluding carboxylic acids is 2. The van der Waals surface area contributed by atoms with E-state index in [0.717, 1.165) is 25.7 Å². The van der Waals surface area contributed by atoms with Crippen molar-refractivity contribution < 1.29 is 14.3 Å². The second-order valence-electron chi connectivity index (χ2n) is 13.7. The predicted octanol–water partition coefficient (Wildman–Crippen LogP) is 13.5. The van der Waals surface area contributed by atoms with Crippen molar-refractivity contribution in [3.05, 3.63) is 0 Å². The third kappa shape index (κ3) is 40.2. The van der Waals surface area contributed by atoms with Crippen LogP contribution < -0.4 is 0 Å². The Balaban J connectivity index is 0. The van der Waals surface area contributed by atoms with Gasteiger partial charge in [-0.3, -0.25) is 9.59 Å². The van der Waals surface area contributed by atoms with E-state index in [2.05, 4.69) is 13.8 Å². The first-order valence-corrected chi connectivity index (χ1v) is 19.9. The molecule has 0 unspecified atom stereocenters. The van der Waals surface area contributed by atoms with Gasteiger partial charge in [0.25, 0.3) is 0 Å². The van der Waals surface area contributed by atoms with Gasteiger partial charge in [0, 0.05) is 12.8 Å². The fourth-order valence-electron chi connectivity index (χ4n) is 6.22. The van der Waals surface area contributed by atoms with Crippen LogP contribution in [0.25, 0.3) is 0 Å². The van der Waals surface area contributed by atoms with Crippen molar-refractivity contribution in [2.45, 2.75) is 245 Å². The van der Waals surface area contributed by atoms with E-state index in [0.29, 0.717) is 12.8 Å². The molecule has 0 heterocycles. The molecule has 0 aliphatic rings. The van der Waals surface area contributed by atoms with E-state index in [1.807, 2.05) is 0 Å². The van der Waals surface area contributed by atoms with E-state index in [4.69, 9.17) is 4.74 Å². The molecule has 0 fully saturated rings. The van der Waals surface area contributed by atoms with Crippen molar-refractivity contribution in [1.82, 2.24) is 0 Å². The number of hydrogen-bond donors (Lipinski definition) is 0. The molecule has 0 rings (SSSR count). The first-order chi connectivity index (χ1) is 21.2. The van der Waals surface area contributed by atoms with E-state index in [1.54, 1.807) is 0 Å². The van der Waals surface area contributed by atoms with Gasteiger partial charge in [0.05, 0.1) is 0 Å². The van der Waals surface area contributed by atoms with Crippen LogP contribution in [0, 0.1) is 0 Å². The average Bonchev–Trinajstić information content (AvgIpc) is 3.00. The standard InChI is InChI=1S/C40H78O3.Na.H/c1-3-5-7-9-11-13-15-17-19-20-21-22-24-26-28-30-32-34-36-38-40(42)43-39(41)37-35-33-31-29-27-25-23-18-16-14-12-10-8-6-4-2;;/h3-38H2,1-2H3;;. The molecule has 0 aliphatic carbocycles. The SMILES string of the molecule is CCCCCCCCCCCCCCCCCCCCCC(=O)OC(=O)CCCCCCCCCCCCCCCCC.[NaH]. The van der Waals surface area contributed by atoms with Crippen LogP contribution in [-0.2, 0) is 14.3 Å². The topological polar surface area (TPSA) is 43.4 Å². The molecule has 0 aliphatic heterocycles. The minimum atomic E-state index is -0.322. The van der Waals surface area contributed by atoms with Gasteiger partial charge in [-0.15, -0.1) is 0 Å². The molecular weight excluding hydrogens is 551 g/mol. The monoisotopic (exact) mass is 631 g/mol. The van der Waals surface area contributed by atoms with Crippen LogP contribution in [0.4, 0.5) is 0 Å². The summed E-state index contributed by atoms with van der Waals surface area (Å²) >= 11 is 0. The Morgan fingerprint density at radius 2 is 0.455 bits per heavy atom. The van der Waals surface area contributed by atoms with Crippen molar-refractivity contribution in [2.24, 2.45) is 0 Å². The van der Waals surface area contributed by atoms with E-state index in [-0.39, 0.29) is 41.5 Å². The van der Waals surface area contributed by atoms with Gasteiger partial charge in [-0.2, -0.15) is 0 Å². The maximum atomic E-state index is 12.0. The zero-order valence-electron chi connectivity index (χ0n) is 29.7. The molecule has 3 nitrogen and oxygen atoms in total. The molecule has 0 saturated carbocycles. The second kappa shape index (κ2) is 41.2. The Hall–Kier alpha value is 0.140. The van der Waals surface area contributed by atoms with Crippen molar-refractivity contribution in [2.75, 3.05) is 0 Å². The predicted molar refractivity (Wildman–Crippen MR) is 196 cm³/mol. The van der Waals surface area contributed by atoms with Crippen LogP contribution >= 0.6 is 0 Å². The Bertz CT molecular complexity index is 565. The summed E-state index contributed by atoms with van der Waals surface area (Å²) in [6.07, 6.45) is 46.0. The molecule has 258 valence electrons. The van der Waals surface area contributed by atoms with Crippen molar-refractivity contribution >= 4 is 41.5 Å². The van der Waals surface area contributed by atoms with Crippen molar-refractivity contribution in [3.8, 4) is 0 Å². The van der Waals surface area contributed by atoms with Crippen molar-refractivity contribution in [3.63, 3.8) is 0 Å². The zero-order chi connectivity index (χ0) is 31.3. The fraction of sp³-hybridized carbons (Fsp3) is 0.950. The normalized spacial score (nSPS) is 11.0. The Morgan fingerprint density at radius 1 is 0.295 bits per heavy atom. The summed E-state index contributed by atoms with van der Waals surface area (Å²) in [5.41, 5.74) is 0. The Kier molecular flexibility index (Phi) is 43.3. The van der Waals surface area contributed by atoms with E-state index in [9.17, 15) is 9.59 Å². The molecule has 0 aromatic carbocycles. The third-order valence-electron chi connectivity index (χ3n) is 9.20. The van der Waals surface area contributed by atoms with Gasteiger partial charge < -0.3 is 4.74 Å². The molecule has 0 N–H and O–H groups in total. The fourth-order valence-corrected chi connectivity index (χ4v) is 6.22. The number of esters is 2. The number of carbonyl (C=O) groups is 2. The number of ether oxygens (including phenoxy) is 1. The minimum absolute atomic E-state index is 0. The molecule has 4 heteroatoms. The molecule has 0 radical (unpaired) electrons. The van der Waals surface area contributed by atoms with Crippen LogP contribution in [0.1, 0.15) is 245 Å². The summed E-state index contributed by atoms with van der Waals surface area (Å²) in [6, 6.07) is 0. The van der Waals surface area contributed by atoms with Gasteiger partial charge in [0.1, 0.15) is 0 Å². The molecule has 44 heavy (non-hydrogen) atoms. The molecule has 0 spiro atoms. The molecular formula is C40H79NaO3. The molecule has 0 amide bonds. The first kappa shape index (κ1) is 46.3. The summed E-state index contributed by atoms with van der Waals surface area (Å²) in [7, 11) is 0. The Labute approximate surface area is 299 Å². The number of hydrogen-bond acceptors (Lipinski definition) is 3. The third-order valence-corrected chi connectivity index (χ3v) is 9.20. The van der Waals surface area contributed by atoms with Crippen molar-refractivity contribution in [1.29, 1.82) is 0 Å². The van der Waals surface area contributed by atoms with Gasteiger partial charge in [-0.05, 0) is 12.8 Å².